The number of allylic oxidation sites excluding steroid dienone is 1. The van der Waals surface area contributed by atoms with Crippen LogP contribution in [-0.2, 0) is 25.7 Å². The van der Waals surface area contributed by atoms with Gasteiger partial charge in [-0.15, -0.1) is 11.6 Å². The maximum atomic E-state index is 11.6. The van der Waals surface area contributed by atoms with Crippen LogP contribution in [0.2, 0.25) is 0 Å². The minimum absolute atomic E-state index is 0.141. The molecule has 0 fully saturated rings. The fraction of sp³-hybridized carbons (Fsp3) is 0.389. The minimum atomic E-state index is -1.00. The van der Waals surface area contributed by atoms with Gasteiger partial charge in [0.1, 0.15) is 17.9 Å². The average Bonchev–Trinajstić information content (AvgIpc) is 2.65. The molecule has 6 nitrogen and oxygen atoms in total. The highest BCUT2D eigenvalue weighted by molar-refractivity contribution is 6.25. The Morgan fingerprint density at radius 2 is 1.92 bits per heavy atom. The molecule has 0 aliphatic heterocycles. The third-order valence-corrected chi connectivity index (χ3v) is 3.63. The van der Waals surface area contributed by atoms with Gasteiger partial charge in [0.2, 0.25) is 5.76 Å². The molecule has 0 bridgehead atoms. The lowest BCUT2D eigenvalue weighted by molar-refractivity contribution is 0.139. The molecule has 25 heavy (non-hydrogen) atoms. The molecule has 1 aromatic rings. The van der Waals surface area contributed by atoms with E-state index in [2.05, 4.69) is 5.32 Å². The van der Waals surface area contributed by atoms with Crippen molar-refractivity contribution in [3.05, 3.63) is 47.2 Å². The Labute approximate surface area is 151 Å². The Morgan fingerprint density at radius 3 is 2.52 bits per heavy atom. The van der Waals surface area contributed by atoms with Gasteiger partial charge in [-0.1, -0.05) is 30.3 Å². The Morgan fingerprint density at radius 1 is 1.20 bits per heavy atom. The van der Waals surface area contributed by atoms with Gasteiger partial charge in [-0.05, 0) is 25.3 Å². The standard InChI is InChI=1S/C18H20ClNO5/c1-2-24-16(12-22)17(19)15(11-21)9-6-10-20-18(23)25-13-14-7-4-3-5-8-14/h3-5,7-8,17H,2,6,9-10,13H2,1H3,(H,20,23). The predicted octanol–water partition coefficient (Wildman–Crippen LogP) is 2.81. The summed E-state index contributed by atoms with van der Waals surface area (Å²) in [5.41, 5.74) is 1.06. The number of hydrogen-bond acceptors (Lipinski definition) is 5. The fourth-order valence-electron chi connectivity index (χ4n) is 1.94. The number of benzene rings is 1. The van der Waals surface area contributed by atoms with Crippen molar-refractivity contribution in [1.82, 2.24) is 5.32 Å². The van der Waals surface area contributed by atoms with Crippen LogP contribution in [0, 0.1) is 0 Å². The first-order valence-electron chi connectivity index (χ1n) is 7.82. The van der Waals surface area contributed by atoms with Gasteiger partial charge in [0.05, 0.1) is 6.61 Å². The molecule has 0 radical (unpaired) electrons. The second kappa shape index (κ2) is 11.9. The van der Waals surface area contributed by atoms with E-state index < -0.39 is 11.5 Å². The summed E-state index contributed by atoms with van der Waals surface area (Å²) in [5.74, 6) is 3.16. The van der Waals surface area contributed by atoms with E-state index in [1.807, 2.05) is 30.3 Å². The summed E-state index contributed by atoms with van der Waals surface area (Å²) in [5, 5.41) is 1.58. The van der Waals surface area contributed by atoms with E-state index in [4.69, 9.17) is 21.1 Å². The summed E-state index contributed by atoms with van der Waals surface area (Å²) < 4.78 is 10.1. The Balaban J connectivity index is 2.32. The maximum Gasteiger partial charge on any atom is 0.407 e. The first kappa shape index (κ1) is 20.5. The summed E-state index contributed by atoms with van der Waals surface area (Å²) in [4.78, 5) is 33.4. The summed E-state index contributed by atoms with van der Waals surface area (Å²) in [6.45, 7) is 2.40. The van der Waals surface area contributed by atoms with Gasteiger partial charge in [-0.2, -0.15) is 0 Å². The van der Waals surface area contributed by atoms with Crippen molar-refractivity contribution in [2.75, 3.05) is 13.2 Å². The van der Waals surface area contributed by atoms with Gasteiger partial charge in [0.15, 0.2) is 5.94 Å². The second-order valence-corrected chi connectivity index (χ2v) is 5.42. The third kappa shape index (κ3) is 7.73. The number of carbonyl (C=O) groups excluding carboxylic acids is 3. The molecule has 1 atom stereocenters. The van der Waals surface area contributed by atoms with Crippen molar-refractivity contribution >= 4 is 29.6 Å². The molecule has 1 amide bonds. The summed E-state index contributed by atoms with van der Waals surface area (Å²) in [7, 11) is 0. The lowest BCUT2D eigenvalue weighted by Crippen LogP contribution is -2.25. The second-order valence-electron chi connectivity index (χ2n) is 4.98. The SMILES string of the molecule is CCOC(=C=O)C(Cl)C(=C=O)CCCNC(=O)OCc1ccccc1. The number of nitrogens with one attached hydrogen (secondary N) is 1. The molecule has 7 heteroatoms. The van der Waals surface area contributed by atoms with Crippen molar-refractivity contribution in [2.45, 2.75) is 31.7 Å². The molecule has 0 aromatic heterocycles. The monoisotopic (exact) mass is 365 g/mol. The van der Waals surface area contributed by atoms with Gasteiger partial charge in [0.25, 0.3) is 0 Å². The van der Waals surface area contributed by atoms with Gasteiger partial charge in [0, 0.05) is 12.1 Å². The van der Waals surface area contributed by atoms with Gasteiger partial charge in [-0.25, -0.2) is 14.4 Å². The number of halogens is 1. The van der Waals surface area contributed by atoms with E-state index in [9.17, 15) is 14.4 Å². The van der Waals surface area contributed by atoms with Crippen LogP contribution >= 0.6 is 11.6 Å². The summed E-state index contributed by atoms with van der Waals surface area (Å²) in [6.07, 6.45) is 0.146. The van der Waals surface area contributed by atoms with Crippen LogP contribution in [0.15, 0.2) is 41.7 Å². The molecule has 0 saturated carbocycles. The number of alkyl halides is 1. The Hall–Kier alpha value is -2.52. The zero-order valence-electron chi connectivity index (χ0n) is 13.9. The summed E-state index contributed by atoms with van der Waals surface area (Å²) in [6, 6.07) is 9.30. The highest BCUT2D eigenvalue weighted by Crippen LogP contribution is 2.20. The molecule has 134 valence electrons. The van der Waals surface area contributed by atoms with E-state index >= 15 is 0 Å². The lowest BCUT2D eigenvalue weighted by Gasteiger charge is -2.12. The van der Waals surface area contributed by atoms with E-state index in [0.29, 0.717) is 6.42 Å². The van der Waals surface area contributed by atoms with E-state index in [1.54, 1.807) is 18.8 Å². The molecule has 0 aliphatic carbocycles. The zero-order chi connectivity index (χ0) is 18.5. The molecule has 1 rings (SSSR count). The lowest BCUT2D eigenvalue weighted by atomic mass is 10.1. The number of amides is 1. The van der Waals surface area contributed by atoms with Crippen LogP contribution < -0.4 is 5.32 Å². The van der Waals surface area contributed by atoms with Crippen molar-refractivity contribution in [1.29, 1.82) is 0 Å². The van der Waals surface area contributed by atoms with Crippen molar-refractivity contribution < 1.29 is 23.9 Å². The normalized spacial score (nSPS) is 10.8. The number of hydrogen-bond donors (Lipinski definition) is 1. The Kier molecular flexibility index (Phi) is 9.79. The fourth-order valence-corrected chi connectivity index (χ4v) is 2.20. The molecule has 1 aromatic carbocycles. The highest BCUT2D eigenvalue weighted by atomic mass is 35.5. The first-order chi connectivity index (χ1) is 12.1. The number of rotatable bonds is 10. The van der Waals surface area contributed by atoms with Crippen LogP contribution in [0.5, 0.6) is 0 Å². The molecule has 0 saturated heterocycles. The van der Waals surface area contributed by atoms with Crippen molar-refractivity contribution in [2.24, 2.45) is 0 Å². The molecule has 0 aliphatic rings. The quantitative estimate of drug-likeness (QED) is 0.298. The average molecular weight is 366 g/mol. The van der Waals surface area contributed by atoms with Crippen molar-refractivity contribution in [3.8, 4) is 0 Å². The number of ether oxygens (including phenoxy) is 2. The van der Waals surface area contributed by atoms with Crippen LogP contribution in [0.3, 0.4) is 0 Å². The number of carbonyl (C=O) groups is 1. The smallest absolute Gasteiger partial charge is 0.407 e. The van der Waals surface area contributed by atoms with E-state index in [1.165, 1.54) is 0 Å². The molecule has 1 N–H and O–H groups in total. The highest BCUT2D eigenvalue weighted by Gasteiger charge is 2.20. The Bertz CT molecular complexity index is 649. The number of alkyl carbamates (subject to hydrolysis) is 1. The molecule has 0 heterocycles. The zero-order valence-corrected chi connectivity index (χ0v) is 14.7. The van der Waals surface area contributed by atoms with Crippen LogP contribution in [0.1, 0.15) is 25.3 Å². The first-order valence-corrected chi connectivity index (χ1v) is 8.26. The van der Waals surface area contributed by atoms with Gasteiger partial charge >= 0.3 is 6.09 Å². The minimum Gasteiger partial charge on any atom is -0.485 e. The van der Waals surface area contributed by atoms with Gasteiger partial charge in [-0.3, -0.25) is 0 Å². The van der Waals surface area contributed by atoms with E-state index in [-0.39, 0.29) is 37.5 Å². The molecule has 1 unspecified atom stereocenters. The van der Waals surface area contributed by atoms with Gasteiger partial charge < -0.3 is 14.8 Å². The van der Waals surface area contributed by atoms with Crippen LogP contribution in [-0.4, -0.2) is 36.5 Å². The summed E-state index contributed by atoms with van der Waals surface area (Å²) >= 11 is 6.01. The molecule has 0 spiro atoms. The van der Waals surface area contributed by atoms with Crippen molar-refractivity contribution in [3.63, 3.8) is 0 Å². The molecular weight excluding hydrogens is 346 g/mol. The topological polar surface area (TPSA) is 81.7 Å². The van der Waals surface area contributed by atoms with Crippen LogP contribution in [0.25, 0.3) is 0 Å². The molecular formula is C18H20ClNO5. The van der Waals surface area contributed by atoms with E-state index in [0.717, 1.165) is 5.56 Å². The van der Waals surface area contributed by atoms with Crippen LogP contribution in [0.4, 0.5) is 4.79 Å². The largest absolute Gasteiger partial charge is 0.485 e. The maximum absolute atomic E-state index is 11.6. The third-order valence-electron chi connectivity index (χ3n) is 3.17. The predicted molar refractivity (Wildman–Crippen MR) is 93.5 cm³/mol.